The number of rotatable bonds is 9. The number of primary amides is 2. The molecule has 0 aliphatic heterocycles. The number of nitrogens with one attached hydrogen (secondary N) is 1. The third-order valence-electron chi connectivity index (χ3n) is 2.36. The second kappa shape index (κ2) is 8.43. The van der Waals surface area contributed by atoms with Crippen molar-refractivity contribution in [3.05, 3.63) is 0 Å². The Morgan fingerprint density at radius 2 is 1.72 bits per heavy atom. The number of carbonyl (C=O) groups excluding carboxylic acids is 3. The molecule has 0 aliphatic rings. The van der Waals surface area contributed by atoms with E-state index in [0.29, 0.717) is 19.4 Å². The summed E-state index contributed by atoms with van der Waals surface area (Å²) in [7, 11) is 0. The van der Waals surface area contributed by atoms with Gasteiger partial charge in [-0.05, 0) is 25.8 Å². The molecule has 0 heterocycles. The lowest BCUT2D eigenvalue weighted by Gasteiger charge is -2.17. The van der Waals surface area contributed by atoms with Gasteiger partial charge < -0.3 is 28.3 Å². The van der Waals surface area contributed by atoms with Crippen molar-refractivity contribution < 1.29 is 14.4 Å². The van der Waals surface area contributed by atoms with E-state index in [0.717, 1.165) is 6.42 Å². The van der Waals surface area contributed by atoms with Gasteiger partial charge in [0.05, 0.1) is 12.5 Å². The fourth-order valence-electron chi connectivity index (χ4n) is 1.37. The van der Waals surface area contributed by atoms with Gasteiger partial charge in [0.1, 0.15) is 6.04 Å². The van der Waals surface area contributed by atoms with Crippen LogP contribution in [0.5, 0.6) is 0 Å². The molecule has 8 nitrogen and oxygen atoms in total. The van der Waals surface area contributed by atoms with E-state index in [9.17, 15) is 14.4 Å². The average molecular weight is 259 g/mol. The Balaban J connectivity index is 4.26. The van der Waals surface area contributed by atoms with Crippen molar-refractivity contribution in [2.75, 3.05) is 6.54 Å². The van der Waals surface area contributed by atoms with Crippen LogP contribution in [0.2, 0.25) is 0 Å². The van der Waals surface area contributed by atoms with E-state index >= 15 is 0 Å². The van der Waals surface area contributed by atoms with Crippen LogP contribution in [0.4, 0.5) is 0 Å². The molecule has 0 aromatic carbocycles. The Hall–Kier alpha value is -1.67. The van der Waals surface area contributed by atoms with Gasteiger partial charge in [-0.15, -0.1) is 0 Å². The molecule has 0 unspecified atom stereocenters. The summed E-state index contributed by atoms with van der Waals surface area (Å²) < 4.78 is 0. The van der Waals surface area contributed by atoms with Crippen LogP contribution in [0.1, 0.15) is 25.7 Å². The molecule has 0 bridgehead atoms. The van der Waals surface area contributed by atoms with E-state index in [2.05, 4.69) is 5.32 Å². The lowest BCUT2D eigenvalue weighted by atomic mass is 10.1. The third kappa shape index (κ3) is 6.81. The molecular formula is C10H21N5O3. The topological polar surface area (TPSA) is 167 Å². The molecule has 0 aliphatic carbocycles. The maximum absolute atomic E-state index is 11.5. The summed E-state index contributed by atoms with van der Waals surface area (Å²) in [5.41, 5.74) is 20.8. The minimum absolute atomic E-state index is 0.278. The van der Waals surface area contributed by atoms with Gasteiger partial charge in [-0.3, -0.25) is 14.4 Å². The molecule has 104 valence electrons. The first-order valence-corrected chi connectivity index (χ1v) is 5.72. The highest BCUT2D eigenvalue weighted by Gasteiger charge is 2.22. The molecule has 0 saturated heterocycles. The zero-order valence-electron chi connectivity index (χ0n) is 10.2. The second-order valence-electron chi connectivity index (χ2n) is 4.02. The highest BCUT2D eigenvalue weighted by Crippen LogP contribution is 2.01. The Kier molecular flexibility index (Phi) is 7.64. The molecule has 2 atom stereocenters. The summed E-state index contributed by atoms with van der Waals surface area (Å²) in [6, 6.07) is -1.87. The summed E-state index contributed by atoms with van der Waals surface area (Å²) in [4.78, 5) is 33.3. The minimum atomic E-state index is -1.07. The van der Waals surface area contributed by atoms with E-state index in [4.69, 9.17) is 22.9 Å². The molecule has 8 heteroatoms. The number of hydrogen-bond acceptors (Lipinski definition) is 5. The van der Waals surface area contributed by atoms with Crippen molar-refractivity contribution in [3.8, 4) is 0 Å². The van der Waals surface area contributed by atoms with Gasteiger partial charge in [0.2, 0.25) is 17.7 Å². The smallest absolute Gasteiger partial charge is 0.240 e. The standard InChI is InChI=1S/C10H21N5O3/c11-4-2-1-3-7(9(14)17)15-10(18)6(12)5-8(13)16/h6-7H,1-5,11-12H2,(H2,13,16)(H2,14,17)(H,15,18)/t6-,7-/m0/s1. The summed E-state index contributed by atoms with van der Waals surface area (Å²) in [6.07, 6.45) is 1.50. The van der Waals surface area contributed by atoms with Crippen molar-refractivity contribution in [1.82, 2.24) is 5.32 Å². The van der Waals surface area contributed by atoms with E-state index in [-0.39, 0.29) is 6.42 Å². The largest absolute Gasteiger partial charge is 0.370 e. The lowest BCUT2D eigenvalue weighted by molar-refractivity contribution is -0.129. The first-order chi connectivity index (χ1) is 8.38. The van der Waals surface area contributed by atoms with Crippen LogP contribution in [0.25, 0.3) is 0 Å². The molecule has 0 spiro atoms. The van der Waals surface area contributed by atoms with Crippen molar-refractivity contribution in [1.29, 1.82) is 0 Å². The number of nitrogens with two attached hydrogens (primary N) is 4. The summed E-state index contributed by atoms with van der Waals surface area (Å²) >= 11 is 0. The first-order valence-electron chi connectivity index (χ1n) is 5.72. The van der Waals surface area contributed by atoms with Gasteiger partial charge in [-0.1, -0.05) is 0 Å². The fourth-order valence-corrected chi connectivity index (χ4v) is 1.37. The van der Waals surface area contributed by atoms with Crippen molar-refractivity contribution >= 4 is 17.7 Å². The van der Waals surface area contributed by atoms with Gasteiger partial charge in [0.15, 0.2) is 0 Å². The van der Waals surface area contributed by atoms with Crippen molar-refractivity contribution in [2.24, 2.45) is 22.9 Å². The highest BCUT2D eigenvalue weighted by atomic mass is 16.2. The number of hydrogen-bond donors (Lipinski definition) is 5. The predicted octanol–water partition coefficient (Wildman–Crippen LogP) is -2.71. The predicted molar refractivity (Wildman–Crippen MR) is 65.8 cm³/mol. The maximum Gasteiger partial charge on any atom is 0.240 e. The van der Waals surface area contributed by atoms with Crippen LogP contribution >= 0.6 is 0 Å². The van der Waals surface area contributed by atoms with Crippen LogP contribution in [-0.2, 0) is 14.4 Å². The van der Waals surface area contributed by atoms with Crippen molar-refractivity contribution in [3.63, 3.8) is 0 Å². The Morgan fingerprint density at radius 1 is 1.11 bits per heavy atom. The van der Waals surface area contributed by atoms with Crippen LogP contribution in [0.3, 0.4) is 0 Å². The van der Waals surface area contributed by atoms with Crippen LogP contribution < -0.4 is 28.3 Å². The molecule has 0 aromatic rings. The van der Waals surface area contributed by atoms with Crippen LogP contribution in [-0.4, -0.2) is 36.3 Å². The lowest BCUT2D eigenvalue weighted by Crippen LogP contribution is -2.51. The summed E-state index contributed by atoms with van der Waals surface area (Å²) in [6.45, 7) is 0.501. The van der Waals surface area contributed by atoms with Gasteiger partial charge in [0.25, 0.3) is 0 Å². The normalized spacial score (nSPS) is 13.7. The number of amides is 3. The average Bonchev–Trinajstić information content (AvgIpc) is 2.26. The summed E-state index contributed by atoms with van der Waals surface area (Å²) in [5.74, 6) is -1.95. The van der Waals surface area contributed by atoms with Gasteiger partial charge in [-0.25, -0.2) is 0 Å². The number of unbranched alkanes of at least 4 members (excludes halogenated alkanes) is 1. The Labute approximate surface area is 105 Å². The van der Waals surface area contributed by atoms with Gasteiger partial charge >= 0.3 is 0 Å². The van der Waals surface area contributed by atoms with Gasteiger partial charge in [-0.2, -0.15) is 0 Å². The van der Waals surface area contributed by atoms with E-state index in [1.165, 1.54) is 0 Å². The molecule has 18 heavy (non-hydrogen) atoms. The number of carbonyl (C=O) groups is 3. The quantitative estimate of drug-likeness (QED) is 0.283. The molecule has 0 radical (unpaired) electrons. The molecule has 9 N–H and O–H groups in total. The van der Waals surface area contributed by atoms with E-state index in [1.54, 1.807) is 0 Å². The Bertz CT molecular complexity index is 308. The summed E-state index contributed by atoms with van der Waals surface area (Å²) in [5, 5.41) is 2.39. The third-order valence-corrected chi connectivity index (χ3v) is 2.36. The molecule has 0 aromatic heterocycles. The SMILES string of the molecule is NCCCC[C@H](NC(=O)[C@@H](N)CC(N)=O)C(N)=O. The van der Waals surface area contributed by atoms with Crippen LogP contribution in [0.15, 0.2) is 0 Å². The molecule has 0 rings (SSSR count). The monoisotopic (exact) mass is 259 g/mol. The van der Waals surface area contributed by atoms with E-state index < -0.39 is 29.8 Å². The van der Waals surface area contributed by atoms with Crippen molar-refractivity contribution in [2.45, 2.75) is 37.8 Å². The maximum atomic E-state index is 11.5. The zero-order valence-corrected chi connectivity index (χ0v) is 10.2. The van der Waals surface area contributed by atoms with Gasteiger partial charge in [0, 0.05) is 0 Å². The van der Waals surface area contributed by atoms with Crippen LogP contribution in [0, 0.1) is 0 Å². The zero-order chi connectivity index (χ0) is 14.1. The molecular weight excluding hydrogens is 238 g/mol. The fraction of sp³-hybridized carbons (Fsp3) is 0.700. The molecule has 3 amide bonds. The molecule has 0 saturated carbocycles. The molecule has 0 fully saturated rings. The minimum Gasteiger partial charge on any atom is -0.370 e. The van der Waals surface area contributed by atoms with E-state index in [1.807, 2.05) is 0 Å². The first kappa shape index (κ1) is 16.3. The Morgan fingerprint density at radius 3 is 2.17 bits per heavy atom. The highest BCUT2D eigenvalue weighted by molar-refractivity contribution is 5.91. The second-order valence-corrected chi connectivity index (χ2v) is 4.02.